The highest BCUT2D eigenvalue weighted by Gasteiger charge is 2.15. The number of ether oxygens (including phenoxy) is 1. The maximum absolute atomic E-state index is 6.04. The quantitative estimate of drug-likeness (QED) is 0.730. The minimum absolute atomic E-state index is 0.182. The van der Waals surface area contributed by atoms with Crippen LogP contribution in [-0.2, 0) is 0 Å². The molecule has 1 heteroatoms. The average molecular weight is 240 g/mol. The van der Waals surface area contributed by atoms with E-state index in [-0.39, 0.29) is 5.60 Å². The predicted octanol–water partition coefficient (Wildman–Crippen LogP) is 4.84. The van der Waals surface area contributed by atoms with Crippen LogP contribution in [0.25, 0.3) is 11.1 Å². The fraction of sp³-hybridized carbons (Fsp3) is 0.294. The molecule has 0 atom stereocenters. The second-order valence-electron chi connectivity index (χ2n) is 5.58. The van der Waals surface area contributed by atoms with Crippen LogP contribution in [0.1, 0.15) is 26.3 Å². The van der Waals surface area contributed by atoms with E-state index < -0.39 is 0 Å². The third kappa shape index (κ3) is 3.13. The van der Waals surface area contributed by atoms with Gasteiger partial charge in [0.25, 0.3) is 0 Å². The van der Waals surface area contributed by atoms with Crippen molar-refractivity contribution in [2.75, 3.05) is 0 Å². The van der Waals surface area contributed by atoms with Crippen LogP contribution in [0, 0.1) is 6.92 Å². The molecule has 0 spiro atoms. The smallest absolute Gasteiger partial charge is 0.127 e. The molecular formula is C17H20O. The van der Waals surface area contributed by atoms with Crippen LogP contribution in [0.4, 0.5) is 0 Å². The van der Waals surface area contributed by atoms with Gasteiger partial charge in [0.15, 0.2) is 0 Å². The van der Waals surface area contributed by atoms with Crippen LogP contribution in [0.2, 0.25) is 0 Å². The molecule has 0 unspecified atom stereocenters. The summed E-state index contributed by atoms with van der Waals surface area (Å²) in [6, 6.07) is 16.7. The van der Waals surface area contributed by atoms with Crippen LogP contribution in [0.15, 0.2) is 48.5 Å². The summed E-state index contributed by atoms with van der Waals surface area (Å²) < 4.78 is 6.04. The lowest BCUT2D eigenvalue weighted by Crippen LogP contribution is -2.23. The third-order valence-corrected chi connectivity index (χ3v) is 2.64. The van der Waals surface area contributed by atoms with Crippen LogP contribution in [-0.4, -0.2) is 5.60 Å². The first-order valence-corrected chi connectivity index (χ1v) is 6.31. The number of hydrogen-bond donors (Lipinski definition) is 0. The Balaban J connectivity index is 2.48. The Hall–Kier alpha value is -1.76. The zero-order chi connectivity index (χ0) is 13.2. The Labute approximate surface area is 109 Å². The van der Waals surface area contributed by atoms with E-state index in [0.29, 0.717) is 0 Å². The Morgan fingerprint density at radius 1 is 0.889 bits per heavy atom. The predicted molar refractivity (Wildman–Crippen MR) is 77.0 cm³/mol. The molecule has 0 bridgehead atoms. The van der Waals surface area contributed by atoms with Crippen molar-refractivity contribution in [3.05, 3.63) is 54.1 Å². The lowest BCUT2D eigenvalue weighted by atomic mass is 10.0. The van der Waals surface area contributed by atoms with Gasteiger partial charge >= 0.3 is 0 Å². The zero-order valence-corrected chi connectivity index (χ0v) is 11.5. The third-order valence-electron chi connectivity index (χ3n) is 2.64. The maximum atomic E-state index is 6.04. The summed E-state index contributed by atoms with van der Waals surface area (Å²) in [6.45, 7) is 8.32. The molecule has 0 aromatic heterocycles. The van der Waals surface area contributed by atoms with Gasteiger partial charge in [-0.2, -0.15) is 0 Å². The van der Waals surface area contributed by atoms with Crippen molar-refractivity contribution in [2.24, 2.45) is 0 Å². The Bertz CT molecular complexity index is 521. The molecule has 0 amide bonds. The zero-order valence-electron chi connectivity index (χ0n) is 11.5. The highest BCUT2D eigenvalue weighted by molar-refractivity contribution is 5.71. The van der Waals surface area contributed by atoms with Gasteiger partial charge < -0.3 is 4.74 Å². The first kappa shape index (κ1) is 12.7. The van der Waals surface area contributed by atoms with Crippen LogP contribution in [0.5, 0.6) is 5.75 Å². The molecule has 0 radical (unpaired) electrons. The van der Waals surface area contributed by atoms with Gasteiger partial charge in [-0.15, -0.1) is 0 Å². The normalized spacial score (nSPS) is 11.3. The molecule has 2 rings (SSSR count). The van der Waals surface area contributed by atoms with Gasteiger partial charge in [-0.05, 0) is 45.4 Å². The minimum atomic E-state index is -0.182. The summed E-state index contributed by atoms with van der Waals surface area (Å²) >= 11 is 0. The Morgan fingerprint density at radius 3 is 2.17 bits per heavy atom. The molecule has 0 aliphatic rings. The largest absolute Gasteiger partial charge is 0.488 e. The summed E-state index contributed by atoms with van der Waals surface area (Å²) in [5.41, 5.74) is 3.42. The topological polar surface area (TPSA) is 9.23 Å². The molecule has 1 nitrogen and oxygen atoms in total. The van der Waals surface area contributed by atoms with E-state index in [2.05, 4.69) is 70.2 Å². The van der Waals surface area contributed by atoms with Gasteiger partial charge in [0, 0.05) is 5.56 Å². The van der Waals surface area contributed by atoms with E-state index in [1.807, 2.05) is 6.07 Å². The molecule has 0 heterocycles. The lowest BCUT2D eigenvalue weighted by Gasteiger charge is -2.23. The molecule has 0 saturated carbocycles. The fourth-order valence-corrected chi connectivity index (χ4v) is 1.91. The van der Waals surface area contributed by atoms with Crippen molar-refractivity contribution >= 4 is 0 Å². The summed E-state index contributed by atoms with van der Waals surface area (Å²) in [7, 11) is 0. The Kier molecular flexibility index (Phi) is 3.42. The molecule has 0 aliphatic heterocycles. The molecule has 2 aromatic carbocycles. The Morgan fingerprint density at radius 2 is 1.56 bits per heavy atom. The molecule has 18 heavy (non-hydrogen) atoms. The molecule has 0 saturated heterocycles. The first-order chi connectivity index (χ1) is 8.46. The van der Waals surface area contributed by atoms with Gasteiger partial charge in [-0.25, -0.2) is 0 Å². The number of benzene rings is 2. The van der Waals surface area contributed by atoms with Gasteiger partial charge in [-0.3, -0.25) is 0 Å². The summed E-state index contributed by atoms with van der Waals surface area (Å²) in [6.07, 6.45) is 0. The monoisotopic (exact) mass is 240 g/mol. The van der Waals surface area contributed by atoms with E-state index in [1.54, 1.807) is 0 Å². The van der Waals surface area contributed by atoms with Crippen LogP contribution < -0.4 is 4.74 Å². The summed E-state index contributed by atoms with van der Waals surface area (Å²) in [5, 5.41) is 0. The molecular weight excluding hydrogens is 220 g/mol. The van der Waals surface area contributed by atoms with E-state index in [1.165, 1.54) is 11.1 Å². The second kappa shape index (κ2) is 4.85. The van der Waals surface area contributed by atoms with Crippen molar-refractivity contribution in [2.45, 2.75) is 33.3 Å². The van der Waals surface area contributed by atoms with E-state index in [0.717, 1.165) is 11.3 Å². The van der Waals surface area contributed by atoms with Gasteiger partial charge in [0.1, 0.15) is 11.4 Å². The second-order valence-corrected chi connectivity index (χ2v) is 5.58. The van der Waals surface area contributed by atoms with Crippen LogP contribution in [0.3, 0.4) is 0 Å². The highest BCUT2D eigenvalue weighted by atomic mass is 16.5. The molecule has 0 aliphatic carbocycles. The van der Waals surface area contributed by atoms with E-state index in [4.69, 9.17) is 4.74 Å². The average Bonchev–Trinajstić information content (AvgIpc) is 2.31. The van der Waals surface area contributed by atoms with Gasteiger partial charge in [0.2, 0.25) is 0 Å². The van der Waals surface area contributed by atoms with Crippen molar-refractivity contribution < 1.29 is 4.74 Å². The summed E-state index contributed by atoms with van der Waals surface area (Å²) in [5.74, 6) is 0.944. The molecule has 0 fully saturated rings. The lowest BCUT2D eigenvalue weighted by molar-refractivity contribution is 0.131. The van der Waals surface area contributed by atoms with E-state index in [9.17, 15) is 0 Å². The molecule has 2 aromatic rings. The maximum Gasteiger partial charge on any atom is 0.127 e. The van der Waals surface area contributed by atoms with Gasteiger partial charge in [0.05, 0.1) is 0 Å². The number of rotatable bonds is 2. The standard InChI is InChI=1S/C17H20O/c1-13-10-11-16(18-17(2,3)4)15(12-13)14-8-6-5-7-9-14/h5-12H,1-4H3. The SMILES string of the molecule is Cc1ccc(OC(C)(C)C)c(-c2ccccc2)c1. The van der Waals surface area contributed by atoms with Gasteiger partial charge in [-0.1, -0.05) is 42.0 Å². The molecule has 0 N–H and O–H groups in total. The fourth-order valence-electron chi connectivity index (χ4n) is 1.91. The summed E-state index contributed by atoms with van der Waals surface area (Å²) in [4.78, 5) is 0. The van der Waals surface area contributed by atoms with Crippen LogP contribution >= 0.6 is 0 Å². The first-order valence-electron chi connectivity index (χ1n) is 6.31. The van der Waals surface area contributed by atoms with Crippen molar-refractivity contribution in [3.63, 3.8) is 0 Å². The van der Waals surface area contributed by atoms with Crippen molar-refractivity contribution in [1.29, 1.82) is 0 Å². The van der Waals surface area contributed by atoms with Crippen molar-refractivity contribution in [1.82, 2.24) is 0 Å². The number of aryl methyl sites for hydroxylation is 1. The molecule has 94 valence electrons. The highest BCUT2D eigenvalue weighted by Crippen LogP contribution is 2.33. The number of hydrogen-bond acceptors (Lipinski definition) is 1. The van der Waals surface area contributed by atoms with E-state index >= 15 is 0 Å². The minimum Gasteiger partial charge on any atom is -0.488 e. The van der Waals surface area contributed by atoms with Crippen molar-refractivity contribution in [3.8, 4) is 16.9 Å².